The summed E-state index contributed by atoms with van der Waals surface area (Å²) in [6.07, 6.45) is 4.90. The Kier molecular flexibility index (Phi) is 6.29. The lowest BCUT2D eigenvalue weighted by Gasteiger charge is -2.16. The van der Waals surface area contributed by atoms with Crippen molar-refractivity contribution in [2.45, 2.75) is 26.3 Å². The van der Waals surface area contributed by atoms with Crippen molar-refractivity contribution in [1.29, 1.82) is 0 Å². The molecule has 0 atom stereocenters. The topological polar surface area (TPSA) is 167 Å². The summed E-state index contributed by atoms with van der Waals surface area (Å²) in [5, 5.41) is 26.2. The van der Waals surface area contributed by atoms with Crippen LogP contribution in [0.5, 0.6) is 11.5 Å². The van der Waals surface area contributed by atoms with Crippen molar-refractivity contribution in [2.24, 2.45) is 7.05 Å². The molecule has 0 saturated carbocycles. The summed E-state index contributed by atoms with van der Waals surface area (Å²) in [6.45, 7) is 8.20. The maximum absolute atomic E-state index is 13.1. The molecule has 0 saturated heterocycles. The molecular formula is C28H25N9O5. The first-order chi connectivity index (χ1) is 20.2. The highest BCUT2D eigenvalue weighted by molar-refractivity contribution is 5.95. The van der Waals surface area contributed by atoms with Gasteiger partial charge in [0.15, 0.2) is 17.2 Å². The molecule has 0 spiro atoms. The van der Waals surface area contributed by atoms with E-state index < -0.39 is 17.3 Å². The second-order valence-electron chi connectivity index (χ2n) is 9.92. The maximum Gasteiger partial charge on any atom is 0.366 e. The Morgan fingerprint density at radius 2 is 2.00 bits per heavy atom. The lowest BCUT2D eigenvalue weighted by Crippen LogP contribution is -2.27. The minimum absolute atomic E-state index is 0.0626. The molecule has 6 aromatic rings. The van der Waals surface area contributed by atoms with Crippen LogP contribution >= 0.6 is 0 Å². The van der Waals surface area contributed by atoms with Crippen molar-refractivity contribution in [1.82, 2.24) is 43.7 Å². The maximum atomic E-state index is 13.1. The number of nitrogens with one attached hydrogen (secondary N) is 1. The summed E-state index contributed by atoms with van der Waals surface area (Å²) in [5.41, 5.74) is 1.04. The van der Waals surface area contributed by atoms with Gasteiger partial charge in [0.25, 0.3) is 0 Å². The van der Waals surface area contributed by atoms with Gasteiger partial charge in [0.1, 0.15) is 17.8 Å². The molecule has 0 fully saturated rings. The molecular weight excluding hydrogens is 542 g/mol. The molecule has 0 unspecified atom stereocenters. The number of hydrogen-bond donors (Lipinski definition) is 2. The second kappa shape index (κ2) is 9.99. The quantitative estimate of drug-likeness (QED) is 0.167. The molecule has 0 radical (unpaired) electrons. The van der Waals surface area contributed by atoms with E-state index in [0.717, 1.165) is 26.3 Å². The lowest BCUT2D eigenvalue weighted by atomic mass is 9.98. The number of imidazole rings is 1. The Morgan fingerprint density at radius 1 is 1.19 bits per heavy atom. The van der Waals surface area contributed by atoms with Gasteiger partial charge in [-0.25, -0.2) is 33.4 Å². The van der Waals surface area contributed by atoms with Crippen LogP contribution in [0, 0.1) is 0 Å². The number of carbonyl (C=O) groups excluding carboxylic acids is 1. The van der Waals surface area contributed by atoms with Gasteiger partial charge in [0.2, 0.25) is 0 Å². The molecule has 6 rings (SSSR count). The number of nitrogens with zero attached hydrogens (tertiary/aromatic N) is 8. The highest BCUT2D eigenvalue weighted by Crippen LogP contribution is 2.38. The zero-order chi connectivity index (χ0) is 29.7. The van der Waals surface area contributed by atoms with Gasteiger partial charge in [-0.15, -0.1) is 11.7 Å². The molecule has 4 aromatic heterocycles. The molecule has 14 nitrogen and oxygen atoms in total. The second-order valence-corrected chi connectivity index (χ2v) is 9.92. The summed E-state index contributed by atoms with van der Waals surface area (Å²) in [6, 6.07) is 10.4. The number of carbonyl (C=O) groups is 1. The SMILES string of the molecule is C=CCn1ccc2cc(-n3c(-c4cc(C(C)C)c(OC(=O)c5ncn6c(=O)n(C)nnc56)cc4O)n[nH]c3=O)ccc21. The average Bonchev–Trinajstić information content (AvgIpc) is 3.68. The Hall–Kier alpha value is -5.79. The van der Waals surface area contributed by atoms with Crippen molar-refractivity contribution in [3.63, 3.8) is 0 Å². The number of H-pyrrole nitrogens is 1. The predicted octanol–water partition coefficient (Wildman–Crippen LogP) is 2.55. The number of aromatic amines is 1. The molecule has 4 heterocycles. The fraction of sp³-hybridized carbons (Fsp3) is 0.179. The highest BCUT2D eigenvalue weighted by atomic mass is 16.5. The van der Waals surface area contributed by atoms with Crippen LogP contribution in [0.25, 0.3) is 33.6 Å². The minimum atomic E-state index is -0.887. The third kappa shape index (κ3) is 4.25. The number of phenolic OH excluding ortho intramolecular Hbond substituents is 1. The summed E-state index contributed by atoms with van der Waals surface area (Å²) in [5.74, 6) is -1.08. The van der Waals surface area contributed by atoms with E-state index in [0.29, 0.717) is 17.8 Å². The summed E-state index contributed by atoms with van der Waals surface area (Å²) >= 11 is 0. The van der Waals surface area contributed by atoms with Crippen molar-refractivity contribution in [2.75, 3.05) is 0 Å². The largest absolute Gasteiger partial charge is 0.507 e. The Balaban J connectivity index is 1.40. The number of esters is 1. The van der Waals surface area contributed by atoms with Crippen LogP contribution in [0.1, 0.15) is 35.8 Å². The Labute approximate surface area is 236 Å². The number of allylic oxidation sites excluding steroid dienone is 1. The van der Waals surface area contributed by atoms with Gasteiger partial charge in [-0.05, 0) is 41.8 Å². The van der Waals surface area contributed by atoms with Crippen molar-refractivity contribution in [3.05, 3.63) is 93.8 Å². The van der Waals surface area contributed by atoms with Crippen LogP contribution < -0.4 is 16.1 Å². The summed E-state index contributed by atoms with van der Waals surface area (Å²) in [4.78, 5) is 42.3. The van der Waals surface area contributed by atoms with E-state index in [9.17, 15) is 19.5 Å². The average molecular weight is 568 g/mol. The van der Waals surface area contributed by atoms with E-state index >= 15 is 0 Å². The first-order valence-corrected chi connectivity index (χ1v) is 12.9. The monoisotopic (exact) mass is 567 g/mol. The Bertz CT molecular complexity index is 2140. The van der Waals surface area contributed by atoms with Crippen LogP contribution in [-0.2, 0) is 13.6 Å². The highest BCUT2D eigenvalue weighted by Gasteiger charge is 2.24. The van der Waals surface area contributed by atoms with E-state index in [2.05, 4.69) is 32.1 Å². The van der Waals surface area contributed by atoms with E-state index in [1.807, 2.05) is 42.8 Å². The smallest absolute Gasteiger partial charge is 0.366 e. The van der Waals surface area contributed by atoms with Gasteiger partial charge in [-0.1, -0.05) is 25.1 Å². The van der Waals surface area contributed by atoms with Crippen molar-refractivity contribution in [3.8, 4) is 28.6 Å². The number of benzene rings is 2. The zero-order valence-electron chi connectivity index (χ0n) is 22.8. The molecule has 2 N–H and O–H groups in total. The first kappa shape index (κ1) is 26.4. The van der Waals surface area contributed by atoms with Crippen LogP contribution in [0.15, 0.2) is 71.2 Å². The molecule has 212 valence electrons. The molecule has 14 heteroatoms. The van der Waals surface area contributed by atoms with E-state index in [-0.39, 0.29) is 40.1 Å². The first-order valence-electron chi connectivity index (χ1n) is 12.9. The minimum Gasteiger partial charge on any atom is -0.507 e. The predicted molar refractivity (Wildman–Crippen MR) is 152 cm³/mol. The number of aryl methyl sites for hydroxylation is 1. The standard InChI is InChI=1S/C28H25N9O5/c1-5-9-35-10-8-16-11-17(6-7-20(16)35)37-24(30-32-27(37)40)19-12-18(15(2)3)22(13-21(19)38)42-26(39)23-25-31-33-34(4)28(41)36(25)14-29-23/h5-8,10-15,38H,1,9H2,2-4H3,(H,32,40). The molecule has 0 aliphatic rings. The fourth-order valence-electron chi connectivity index (χ4n) is 4.82. The number of aromatic hydroxyl groups is 1. The van der Waals surface area contributed by atoms with Gasteiger partial charge < -0.3 is 14.4 Å². The van der Waals surface area contributed by atoms with Gasteiger partial charge in [0.05, 0.1) is 11.3 Å². The van der Waals surface area contributed by atoms with Gasteiger partial charge in [0, 0.05) is 36.8 Å². The lowest BCUT2D eigenvalue weighted by molar-refractivity contribution is 0.0729. The zero-order valence-corrected chi connectivity index (χ0v) is 22.8. The van der Waals surface area contributed by atoms with Gasteiger partial charge in [-0.3, -0.25) is 0 Å². The number of hydrogen-bond acceptors (Lipinski definition) is 9. The number of ether oxygens (including phenoxy) is 1. The third-order valence-electron chi connectivity index (χ3n) is 6.90. The van der Waals surface area contributed by atoms with Gasteiger partial charge in [-0.2, -0.15) is 9.78 Å². The molecule has 0 amide bonds. The summed E-state index contributed by atoms with van der Waals surface area (Å²) < 4.78 is 11.1. The molecule has 0 aliphatic heterocycles. The Morgan fingerprint density at radius 3 is 2.76 bits per heavy atom. The van der Waals surface area contributed by atoms with Crippen LogP contribution in [0.4, 0.5) is 0 Å². The summed E-state index contributed by atoms with van der Waals surface area (Å²) in [7, 11) is 1.42. The van der Waals surface area contributed by atoms with E-state index in [1.54, 1.807) is 18.2 Å². The molecule has 2 aromatic carbocycles. The van der Waals surface area contributed by atoms with Gasteiger partial charge >= 0.3 is 17.3 Å². The number of fused-ring (bicyclic) bond motifs is 2. The number of rotatable bonds is 7. The third-order valence-corrected chi connectivity index (χ3v) is 6.90. The van der Waals surface area contributed by atoms with E-state index in [1.165, 1.54) is 17.7 Å². The van der Waals surface area contributed by atoms with Crippen LogP contribution in [0.3, 0.4) is 0 Å². The van der Waals surface area contributed by atoms with E-state index in [4.69, 9.17) is 4.74 Å². The van der Waals surface area contributed by atoms with Crippen molar-refractivity contribution >= 4 is 22.5 Å². The molecule has 0 aliphatic carbocycles. The van der Waals surface area contributed by atoms with Crippen LogP contribution in [0.2, 0.25) is 0 Å². The van der Waals surface area contributed by atoms with Crippen molar-refractivity contribution < 1.29 is 14.6 Å². The fourth-order valence-corrected chi connectivity index (χ4v) is 4.82. The van der Waals surface area contributed by atoms with Crippen LogP contribution in [-0.4, -0.2) is 54.8 Å². The molecule has 42 heavy (non-hydrogen) atoms. The number of phenols is 1. The number of aromatic nitrogens is 9. The molecule has 0 bridgehead atoms. The normalized spacial score (nSPS) is 11.5.